The summed E-state index contributed by atoms with van der Waals surface area (Å²) in [5, 5.41) is 12.4. The van der Waals surface area contributed by atoms with Gasteiger partial charge in [0.25, 0.3) is 0 Å². The number of rotatable bonds is 7. The van der Waals surface area contributed by atoms with Crippen molar-refractivity contribution in [1.82, 2.24) is 5.32 Å². The van der Waals surface area contributed by atoms with Gasteiger partial charge in [-0.15, -0.1) is 0 Å². The Kier molecular flexibility index (Phi) is 5.89. The Morgan fingerprint density at radius 3 is 2.27 bits per heavy atom. The smallest absolute Gasteiger partial charge is 0.407 e. The summed E-state index contributed by atoms with van der Waals surface area (Å²) in [5.41, 5.74) is 4.18. The fraction of sp³-hybridized carbons (Fsp3) is 0.381. The van der Waals surface area contributed by atoms with Crippen LogP contribution in [-0.4, -0.2) is 41.5 Å². The molecule has 3 rings (SSSR count). The van der Waals surface area contributed by atoms with E-state index in [1.165, 1.54) is 22.3 Å². The Bertz CT molecular complexity index is 724. The third-order valence-electron chi connectivity index (χ3n) is 4.31. The van der Waals surface area contributed by atoms with Crippen molar-refractivity contribution in [2.75, 3.05) is 24.7 Å². The van der Waals surface area contributed by atoms with Gasteiger partial charge in [-0.1, -0.05) is 48.5 Å². The van der Waals surface area contributed by atoms with Crippen LogP contribution in [0.15, 0.2) is 48.5 Å². The lowest BCUT2D eigenvalue weighted by Gasteiger charge is -2.16. The van der Waals surface area contributed by atoms with Crippen molar-refractivity contribution >= 4 is 17.9 Å². The number of fused-ring (bicyclic) bond motifs is 3. The Labute approximate surface area is 159 Å². The first kappa shape index (κ1) is 18.8. The molecule has 0 saturated carbocycles. The molecule has 4 nitrogen and oxygen atoms in total. The molecule has 138 valence electrons. The van der Waals surface area contributed by atoms with Gasteiger partial charge >= 0.3 is 6.09 Å². The monoisotopic (exact) mass is 371 g/mol. The van der Waals surface area contributed by atoms with Crippen molar-refractivity contribution in [2.45, 2.75) is 25.4 Å². The molecule has 0 aromatic heterocycles. The normalized spacial score (nSPS) is 13.2. The van der Waals surface area contributed by atoms with Crippen LogP contribution in [0.25, 0.3) is 11.1 Å². The van der Waals surface area contributed by atoms with Gasteiger partial charge in [0.1, 0.15) is 6.61 Å². The molecule has 1 aliphatic rings. The highest BCUT2D eigenvalue weighted by Gasteiger charge is 2.28. The molecule has 2 N–H and O–H groups in total. The third kappa shape index (κ3) is 4.59. The van der Waals surface area contributed by atoms with Crippen LogP contribution in [0.2, 0.25) is 0 Å². The van der Waals surface area contributed by atoms with Gasteiger partial charge in [0.15, 0.2) is 0 Å². The minimum atomic E-state index is -0.686. The van der Waals surface area contributed by atoms with Crippen LogP contribution in [0.1, 0.15) is 30.9 Å². The van der Waals surface area contributed by atoms with Crippen molar-refractivity contribution in [1.29, 1.82) is 0 Å². The molecule has 0 atom stereocenters. The van der Waals surface area contributed by atoms with E-state index in [0.29, 0.717) is 18.9 Å². The molecule has 0 unspecified atom stereocenters. The highest BCUT2D eigenvalue weighted by atomic mass is 32.2. The van der Waals surface area contributed by atoms with Crippen LogP contribution < -0.4 is 5.32 Å². The number of aliphatic hydroxyl groups is 1. The average Bonchev–Trinajstić information content (AvgIpc) is 2.93. The maximum Gasteiger partial charge on any atom is 0.407 e. The first-order valence-electron chi connectivity index (χ1n) is 8.85. The lowest BCUT2D eigenvalue weighted by molar-refractivity contribution is 0.107. The van der Waals surface area contributed by atoms with Gasteiger partial charge in [0.2, 0.25) is 0 Å². The number of carbonyl (C=O) groups excluding carboxylic acids is 1. The van der Waals surface area contributed by atoms with Crippen LogP contribution in [0.4, 0.5) is 4.79 Å². The number of nitrogens with one attached hydrogen (secondary N) is 1. The lowest BCUT2D eigenvalue weighted by atomic mass is 9.98. The number of hydrogen-bond donors (Lipinski definition) is 2. The zero-order valence-electron chi connectivity index (χ0n) is 15.2. The highest BCUT2D eigenvalue weighted by molar-refractivity contribution is 7.99. The molecule has 1 aliphatic carbocycles. The fourth-order valence-corrected chi connectivity index (χ4v) is 4.09. The first-order valence-corrected chi connectivity index (χ1v) is 10.00. The van der Waals surface area contributed by atoms with Gasteiger partial charge in [-0.3, -0.25) is 0 Å². The van der Waals surface area contributed by atoms with E-state index in [9.17, 15) is 9.90 Å². The largest absolute Gasteiger partial charge is 0.449 e. The maximum atomic E-state index is 12.0. The second kappa shape index (κ2) is 8.14. The quantitative estimate of drug-likeness (QED) is 0.722. The highest BCUT2D eigenvalue weighted by Crippen LogP contribution is 2.44. The average molecular weight is 372 g/mol. The second-order valence-electron chi connectivity index (χ2n) is 7.12. The molecule has 1 amide bonds. The maximum absolute atomic E-state index is 12.0. The Morgan fingerprint density at radius 2 is 1.69 bits per heavy atom. The van der Waals surface area contributed by atoms with Crippen molar-refractivity contribution in [3.05, 3.63) is 59.7 Å². The molecule has 0 heterocycles. The standard InChI is InChI=1S/C21H25NO3S/c1-21(2,24)14-26-12-11-22-20(23)25-13-19-17-9-5-3-7-15(17)16-8-4-6-10-18(16)19/h3-10,19,24H,11-14H2,1-2H3,(H,22,23). The number of carbonyl (C=O) groups is 1. The van der Waals surface area contributed by atoms with E-state index in [-0.39, 0.29) is 5.92 Å². The second-order valence-corrected chi connectivity index (χ2v) is 8.22. The Morgan fingerprint density at radius 1 is 1.12 bits per heavy atom. The van der Waals surface area contributed by atoms with Crippen LogP contribution in [-0.2, 0) is 4.74 Å². The van der Waals surface area contributed by atoms with Gasteiger partial charge in [-0.25, -0.2) is 4.79 Å². The zero-order valence-corrected chi connectivity index (χ0v) is 16.0. The first-order chi connectivity index (χ1) is 12.5. The van der Waals surface area contributed by atoms with Gasteiger partial charge in [-0.2, -0.15) is 11.8 Å². The summed E-state index contributed by atoms with van der Waals surface area (Å²) < 4.78 is 5.48. The van der Waals surface area contributed by atoms with Crippen LogP contribution in [0, 0.1) is 0 Å². The van der Waals surface area contributed by atoms with Crippen LogP contribution >= 0.6 is 11.8 Å². The predicted molar refractivity (Wildman–Crippen MR) is 107 cm³/mol. The molecule has 2 aromatic carbocycles. The number of alkyl carbamates (subject to hydrolysis) is 1. The van der Waals surface area contributed by atoms with Crippen molar-refractivity contribution in [3.63, 3.8) is 0 Å². The summed E-state index contributed by atoms with van der Waals surface area (Å²) in [4.78, 5) is 12.0. The minimum Gasteiger partial charge on any atom is -0.449 e. The van der Waals surface area contributed by atoms with E-state index in [1.54, 1.807) is 25.6 Å². The van der Waals surface area contributed by atoms with E-state index >= 15 is 0 Å². The molecule has 0 bridgehead atoms. The number of thioether (sulfide) groups is 1. The molecule has 2 aromatic rings. The summed E-state index contributed by atoms with van der Waals surface area (Å²) in [6.45, 7) is 4.41. The van der Waals surface area contributed by atoms with Gasteiger partial charge in [-0.05, 0) is 36.1 Å². The zero-order chi connectivity index (χ0) is 18.6. The van der Waals surface area contributed by atoms with E-state index in [1.807, 2.05) is 24.3 Å². The number of benzene rings is 2. The molecule has 0 saturated heterocycles. The lowest BCUT2D eigenvalue weighted by Crippen LogP contribution is -2.29. The number of hydrogen-bond acceptors (Lipinski definition) is 4. The predicted octanol–water partition coefficient (Wildman–Crippen LogP) is 4.03. The van der Waals surface area contributed by atoms with Crippen LogP contribution in [0.5, 0.6) is 0 Å². The molecule has 0 radical (unpaired) electrons. The summed E-state index contributed by atoms with van der Waals surface area (Å²) in [5.74, 6) is 1.46. The molecule has 26 heavy (non-hydrogen) atoms. The van der Waals surface area contributed by atoms with Crippen molar-refractivity contribution < 1.29 is 14.6 Å². The summed E-state index contributed by atoms with van der Waals surface area (Å²) in [7, 11) is 0. The molecule has 0 fully saturated rings. The molecular formula is C21H25NO3S. The number of amides is 1. The van der Waals surface area contributed by atoms with Crippen molar-refractivity contribution in [3.8, 4) is 11.1 Å². The molecule has 0 aliphatic heterocycles. The van der Waals surface area contributed by atoms with Crippen LogP contribution in [0.3, 0.4) is 0 Å². The van der Waals surface area contributed by atoms with E-state index < -0.39 is 11.7 Å². The third-order valence-corrected chi connectivity index (χ3v) is 5.72. The SMILES string of the molecule is CC(C)(O)CSCCNC(=O)OCC1c2ccccc2-c2ccccc21. The van der Waals surface area contributed by atoms with Gasteiger partial charge < -0.3 is 15.2 Å². The summed E-state index contributed by atoms with van der Waals surface area (Å²) >= 11 is 1.61. The summed E-state index contributed by atoms with van der Waals surface area (Å²) in [6, 6.07) is 16.6. The molecule has 5 heteroatoms. The Balaban J connectivity index is 1.51. The summed E-state index contributed by atoms with van der Waals surface area (Å²) in [6.07, 6.45) is -0.393. The molecular weight excluding hydrogens is 346 g/mol. The van der Waals surface area contributed by atoms with E-state index in [2.05, 4.69) is 29.6 Å². The topological polar surface area (TPSA) is 58.6 Å². The van der Waals surface area contributed by atoms with Crippen molar-refractivity contribution in [2.24, 2.45) is 0 Å². The Hall–Kier alpha value is -1.98. The minimum absolute atomic E-state index is 0.0812. The van der Waals surface area contributed by atoms with E-state index in [0.717, 1.165) is 5.75 Å². The molecule has 0 spiro atoms. The van der Waals surface area contributed by atoms with Gasteiger partial charge in [0.05, 0.1) is 5.60 Å². The van der Waals surface area contributed by atoms with E-state index in [4.69, 9.17) is 4.74 Å². The van der Waals surface area contributed by atoms with Gasteiger partial charge in [0, 0.05) is 24.0 Å². The number of ether oxygens (including phenoxy) is 1. The fourth-order valence-electron chi connectivity index (χ4n) is 3.20.